The van der Waals surface area contributed by atoms with Crippen LogP contribution in [0.15, 0.2) is 36.9 Å². The number of benzene rings is 1. The molecule has 1 fully saturated rings. The predicted octanol–water partition coefficient (Wildman–Crippen LogP) is 1.83. The van der Waals surface area contributed by atoms with Gasteiger partial charge < -0.3 is 10.4 Å². The van der Waals surface area contributed by atoms with Crippen LogP contribution in [0.25, 0.3) is 0 Å². The van der Waals surface area contributed by atoms with Crippen molar-refractivity contribution in [3.05, 3.63) is 48.0 Å². The fourth-order valence-corrected chi connectivity index (χ4v) is 3.35. The summed E-state index contributed by atoms with van der Waals surface area (Å²) < 4.78 is 1.74. The molecular weight excluding hydrogens is 320 g/mol. The van der Waals surface area contributed by atoms with E-state index in [4.69, 9.17) is 5.11 Å². The molecule has 7 nitrogen and oxygen atoms in total. The van der Waals surface area contributed by atoms with Crippen molar-refractivity contribution < 1.29 is 14.7 Å². The molecule has 1 aromatic heterocycles. The molecule has 0 radical (unpaired) electrons. The molecule has 0 bridgehead atoms. The topological polar surface area (TPSA) is 97.1 Å². The lowest BCUT2D eigenvalue weighted by atomic mass is 9.81. The van der Waals surface area contributed by atoms with Crippen molar-refractivity contribution in [1.82, 2.24) is 20.1 Å². The van der Waals surface area contributed by atoms with Crippen LogP contribution in [-0.2, 0) is 22.7 Å². The molecule has 1 heterocycles. The third-order valence-electron chi connectivity index (χ3n) is 4.76. The summed E-state index contributed by atoms with van der Waals surface area (Å²) >= 11 is 0. The van der Waals surface area contributed by atoms with E-state index in [1.165, 1.54) is 6.33 Å². The minimum Gasteiger partial charge on any atom is -0.481 e. The average molecular weight is 342 g/mol. The Hall–Kier alpha value is -2.70. The van der Waals surface area contributed by atoms with Crippen molar-refractivity contribution in [3.63, 3.8) is 0 Å². The highest BCUT2D eigenvalue weighted by Gasteiger charge is 2.30. The largest absolute Gasteiger partial charge is 0.481 e. The maximum absolute atomic E-state index is 12.4. The number of rotatable bonds is 6. The maximum atomic E-state index is 12.4. The monoisotopic (exact) mass is 342 g/mol. The number of hydrogen-bond acceptors (Lipinski definition) is 4. The molecule has 1 aliphatic rings. The van der Waals surface area contributed by atoms with Crippen LogP contribution in [0, 0.1) is 11.8 Å². The molecule has 0 spiro atoms. The van der Waals surface area contributed by atoms with Crippen LogP contribution in [0.1, 0.15) is 36.8 Å². The smallest absolute Gasteiger partial charge is 0.306 e. The first-order valence-electron chi connectivity index (χ1n) is 8.53. The van der Waals surface area contributed by atoms with Crippen molar-refractivity contribution in [2.75, 3.05) is 0 Å². The van der Waals surface area contributed by atoms with Crippen LogP contribution in [0.5, 0.6) is 0 Å². The summed E-state index contributed by atoms with van der Waals surface area (Å²) in [5, 5.41) is 16.2. The molecular formula is C18H22N4O3. The highest BCUT2D eigenvalue weighted by Crippen LogP contribution is 2.29. The summed E-state index contributed by atoms with van der Waals surface area (Å²) in [6, 6.07) is 7.88. The van der Waals surface area contributed by atoms with Gasteiger partial charge in [0.05, 0.1) is 12.5 Å². The van der Waals surface area contributed by atoms with Crippen LogP contribution in [-0.4, -0.2) is 31.7 Å². The van der Waals surface area contributed by atoms with Crippen LogP contribution < -0.4 is 5.32 Å². The van der Waals surface area contributed by atoms with Crippen LogP contribution in [0.4, 0.5) is 0 Å². The number of carboxylic acid groups (broad SMARTS) is 1. The van der Waals surface area contributed by atoms with Gasteiger partial charge in [0.25, 0.3) is 0 Å². The first kappa shape index (κ1) is 17.1. The van der Waals surface area contributed by atoms with Gasteiger partial charge in [0.15, 0.2) is 0 Å². The Labute approximate surface area is 146 Å². The fourth-order valence-electron chi connectivity index (χ4n) is 3.35. The Morgan fingerprint density at radius 1 is 1.20 bits per heavy atom. The minimum atomic E-state index is -0.796. The summed E-state index contributed by atoms with van der Waals surface area (Å²) in [7, 11) is 0. The quantitative estimate of drug-likeness (QED) is 0.835. The fraction of sp³-hybridized carbons (Fsp3) is 0.444. The van der Waals surface area contributed by atoms with Crippen LogP contribution in [0.3, 0.4) is 0 Å². The van der Waals surface area contributed by atoms with E-state index in [-0.39, 0.29) is 11.8 Å². The van der Waals surface area contributed by atoms with Crippen molar-refractivity contribution in [2.45, 2.75) is 38.8 Å². The molecule has 2 aromatic rings. The van der Waals surface area contributed by atoms with Crippen LogP contribution >= 0.6 is 0 Å². The highest BCUT2D eigenvalue weighted by atomic mass is 16.4. The lowest BCUT2D eigenvalue weighted by Crippen LogP contribution is -2.35. The van der Waals surface area contributed by atoms with Gasteiger partial charge in [0, 0.05) is 12.5 Å². The van der Waals surface area contributed by atoms with Gasteiger partial charge in [-0.15, -0.1) is 0 Å². The zero-order valence-electron chi connectivity index (χ0n) is 14.0. The first-order valence-corrected chi connectivity index (χ1v) is 8.53. The summed E-state index contributed by atoms with van der Waals surface area (Å²) in [4.78, 5) is 27.5. The number of nitrogens with zero attached hydrogens (tertiary/aromatic N) is 3. The molecule has 7 heteroatoms. The number of carbonyl (C=O) groups is 2. The Balaban J connectivity index is 1.59. The second kappa shape index (κ2) is 7.92. The number of carbonyl (C=O) groups excluding carboxylic acids is 1. The normalized spacial score (nSPS) is 20.2. The van der Waals surface area contributed by atoms with Gasteiger partial charge in [-0.25, -0.2) is 9.67 Å². The number of aliphatic carboxylic acids is 1. The Bertz CT molecular complexity index is 730. The molecule has 25 heavy (non-hydrogen) atoms. The maximum Gasteiger partial charge on any atom is 0.306 e. The lowest BCUT2D eigenvalue weighted by Gasteiger charge is -2.25. The SMILES string of the molecule is O=C(O)C1CCCC(C(=O)NCc2ccccc2Cn2cncn2)C1. The molecule has 2 N–H and O–H groups in total. The van der Waals surface area contributed by atoms with Gasteiger partial charge in [0.2, 0.25) is 5.91 Å². The van der Waals surface area contributed by atoms with E-state index in [0.717, 1.165) is 24.0 Å². The molecule has 2 atom stereocenters. The van der Waals surface area contributed by atoms with Gasteiger partial charge in [-0.05, 0) is 30.4 Å². The molecule has 1 saturated carbocycles. The van der Waals surface area contributed by atoms with E-state index >= 15 is 0 Å². The van der Waals surface area contributed by atoms with E-state index in [1.807, 2.05) is 24.3 Å². The van der Waals surface area contributed by atoms with Gasteiger partial charge >= 0.3 is 5.97 Å². The van der Waals surface area contributed by atoms with Crippen molar-refractivity contribution >= 4 is 11.9 Å². The summed E-state index contributed by atoms with van der Waals surface area (Å²) in [6.45, 7) is 1.02. The minimum absolute atomic E-state index is 0.0542. The number of amides is 1. The zero-order chi connectivity index (χ0) is 17.6. The third kappa shape index (κ3) is 4.43. The summed E-state index contributed by atoms with van der Waals surface area (Å²) in [5.41, 5.74) is 2.09. The summed E-state index contributed by atoms with van der Waals surface area (Å²) in [6.07, 6.45) is 5.80. The Morgan fingerprint density at radius 2 is 1.96 bits per heavy atom. The van der Waals surface area contributed by atoms with Gasteiger partial charge in [0.1, 0.15) is 12.7 Å². The van der Waals surface area contributed by atoms with E-state index in [9.17, 15) is 9.59 Å². The van der Waals surface area contributed by atoms with E-state index in [1.54, 1.807) is 11.0 Å². The third-order valence-corrected chi connectivity index (χ3v) is 4.76. The molecule has 132 valence electrons. The Morgan fingerprint density at radius 3 is 2.68 bits per heavy atom. The van der Waals surface area contributed by atoms with Gasteiger partial charge in [-0.2, -0.15) is 5.10 Å². The molecule has 0 aliphatic heterocycles. The Kier molecular flexibility index (Phi) is 5.42. The average Bonchev–Trinajstić information content (AvgIpc) is 3.14. The molecule has 1 amide bonds. The standard InChI is InChI=1S/C18H22N4O3/c23-17(13-6-3-7-14(8-13)18(24)25)20-9-15-4-1-2-5-16(15)10-22-12-19-11-21-22/h1-2,4-5,11-14H,3,6-10H2,(H,20,23)(H,24,25). The van der Waals surface area contributed by atoms with Crippen LogP contribution in [0.2, 0.25) is 0 Å². The number of carboxylic acids is 1. The van der Waals surface area contributed by atoms with Gasteiger partial charge in [-0.3, -0.25) is 9.59 Å². The van der Waals surface area contributed by atoms with Gasteiger partial charge in [-0.1, -0.05) is 30.7 Å². The number of aromatic nitrogens is 3. The zero-order valence-corrected chi connectivity index (χ0v) is 14.0. The molecule has 1 aliphatic carbocycles. The second-order valence-corrected chi connectivity index (χ2v) is 6.48. The van der Waals surface area contributed by atoms with E-state index in [0.29, 0.717) is 25.9 Å². The first-order chi connectivity index (χ1) is 12.1. The molecule has 0 saturated heterocycles. The predicted molar refractivity (Wildman–Crippen MR) is 90.5 cm³/mol. The lowest BCUT2D eigenvalue weighted by molar-refractivity contribution is -0.144. The molecule has 3 rings (SSSR count). The number of hydrogen-bond donors (Lipinski definition) is 2. The van der Waals surface area contributed by atoms with E-state index in [2.05, 4.69) is 15.4 Å². The number of nitrogens with one attached hydrogen (secondary N) is 1. The highest BCUT2D eigenvalue weighted by molar-refractivity contribution is 5.80. The molecule has 2 unspecified atom stereocenters. The molecule has 1 aromatic carbocycles. The summed E-state index contributed by atoms with van der Waals surface area (Å²) in [5.74, 6) is -1.46. The van der Waals surface area contributed by atoms with E-state index < -0.39 is 11.9 Å². The second-order valence-electron chi connectivity index (χ2n) is 6.48. The van der Waals surface area contributed by atoms with Crippen molar-refractivity contribution in [3.8, 4) is 0 Å². The van der Waals surface area contributed by atoms with Crippen molar-refractivity contribution in [1.29, 1.82) is 0 Å². The van der Waals surface area contributed by atoms with Crippen molar-refractivity contribution in [2.24, 2.45) is 11.8 Å².